The number of rotatable bonds is 11. The number of amides is 1. The van der Waals surface area contributed by atoms with Crippen LogP contribution in [0, 0.1) is 35.5 Å². The highest BCUT2D eigenvalue weighted by molar-refractivity contribution is 6.39. The minimum Gasteiger partial charge on any atom is -0.460 e. The fourth-order valence-electron chi connectivity index (χ4n) is 11.0. The van der Waals surface area contributed by atoms with E-state index in [0.29, 0.717) is 76.8 Å². The maximum Gasteiger partial charge on any atom is 0.329 e. The number of hydrogen-bond acceptors (Lipinski definition) is 15. The van der Waals surface area contributed by atoms with Crippen molar-refractivity contribution in [2.45, 2.75) is 186 Å². The van der Waals surface area contributed by atoms with E-state index < -0.39 is 77.9 Å². The van der Waals surface area contributed by atoms with Gasteiger partial charge >= 0.3 is 5.97 Å². The number of allylic oxidation sites excluding steroid dienone is 6. The fraction of sp³-hybridized carbons (Fsp3) is 0.768. The first kappa shape index (κ1) is 59.4. The van der Waals surface area contributed by atoms with Gasteiger partial charge in [-0.1, -0.05) is 71.1 Å². The highest BCUT2D eigenvalue weighted by Crippen LogP contribution is 2.38. The number of aliphatic hydroxyl groups excluding tert-OH is 1. The first-order chi connectivity index (χ1) is 34.3. The summed E-state index contributed by atoms with van der Waals surface area (Å²) >= 11 is 0. The molecule has 0 aromatic heterocycles. The molecule has 0 aromatic carbocycles. The second-order valence-electron chi connectivity index (χ2n) is 21.5. The molecule has 1 amide bonds. The highest BCUT2D eigenvalue weighted by atomic mass is 16.6. The topological polar surface area (TPSA) is 203 Å². The van der Waals surface area contributed by atoms with Crippen LogP contribution in [0.3, 0.4) is 0 Å². The first-order valence-electron chi connectivity index (χ1n) is 26.6. The van der Waals surface area contributed by atoms with Crippen molar-refractivity contribution in [3.05, 3.63) is 47.6 Å². The lowest BCUT2D eigenvalue weighted by Crippen LogP contribution is -2.61. The average Bonchev–Trinajstić information content (AvgIpc) is 3.34. The number of cyclic esters (lactones) is 1. The van der Waals surface area contributed by atoms with E-state index in [1.54, 1.807) is 34.0 Å². The van der Waals surface area contributed by atoms with E-state index in [9.17, 15) is 34.2 Å². The van der Waals surface area contributed by atoms with E-state index in [0.717, 1.165) is 12.0 Å². The van der Waals surface area contributed by atoms with Gasteiger partial charge in [-0.2, -0.15) is 0 Å². The van der Waals surface area contributed by atoms with E-state index in [1.807, 2.05) is 58.1 Å². The SMILES string of the molecule is CO[C@@H]1/C(C)=C/[C@@H](C)C(=O)C[C@@H]([C@H](C)C[C@@H]2CC[C@@H](O)[C@H](OC)C2)OC(=O)[C@@H]2CCCCN2C(=O)C(=O)[C@]2(O)O[C@@H](CC[C@H]2C)CC(OCCOC2COC2)/C(C)=C/C=C/C=C/[C@@H](C)C[C@@H](C)C(=O)[C@@H]1OC. The zero-order valence-electron chi connectivity index (χ0n) is 44.8. The van der Waals surface area contributed by atoms with Gasteiger partial charge in [-0.25, -0.2) is 4.79 Å². The van der Waals surface area contributed by atoms with Crippen LogP contribution in [-0.4, -0.2) is 159 Å². The number of piperidine rings is 1. The van der Waals surface area contributed by atoms with Gasteiger partial charge in [0.2, 0.25) is 5.79 Å². The summed E-state index contributed by atoms with van der Waals surface area (Å²) in [6.45, 7) is 14.8. The van der Waals surface area contributed by atoms with Gasteiger partial charge in [-0.15, -0.1) is 0 Å². The van der Waals surface area contributed by atoms with Crippen LogP contribution in [-0.2, 0) is 61.9 Å². The summed E-state index contributed by atoms with van der Waals surface area (Å²) < 4.78 is 47.4. The van der Waals surface area contributed by atoms with Crippen LogP contribution in [0.4, 0.5) is 0 Å². The van der Waals surface area contributed by atoms with Crippen molar-refractivity contribution < 1.29 is 72.1 Å². The number of nitrogens with zero attached hydrogens (tertiary/aromatic N) is 1. The molecule has 2 N–H and O–H groups in total. The molecule has 0 radical (unpaired) electrons. The largest absolute Gasteiger partial charge is 0.460 e. The van der Waals surface area contributed by atoms with Crippen LogP contribution in [0.2, 0.25) is 0 Å². The van der Waals surface area contributed by atoms with Gasteiger partial charge in [0.1, 0.15) is 36.2 Å². The van der Waals surface area contributed by atoms with Gasteiger partial charge in [-0.05, 0) is 107 Å². The fourth-order valence-corrected chi connectivity index (χ4v) is 11.0. The number of Topliss-reactive ketones (excluding diaryl/α,β-unsaturated/α-hetero) is 3. The number of carbonyl (C=O) groups excluding carboxylic acids is 5. The molecule has 0 spiro atoms. The zero-order chi connectivity index (χ0) is 52.7. The molecule has 4 heterocycles. The molecule has 4 fully saturated rings. The van der Waals surface area contributed by atoms with Crippen molar-refractivity contribution in [1.82, 2.24) is 4.90 Å². The van der Waals surface area contributed by atoms with E-state index in [2.05, 4.69) is 0 Å². The number of aliphatic hydroxyl groups is 2. The minimum absolute atomic E-state index is 0.0240. The maximum atomic E-state index is 14.5. The van der Waals surface area contributed by atoms with Crippen molar-refractivity contribution >= 4 is 29.2 Å². The lowest BCUT2D eigenvalue weighted by Gasteiger charge is -2.43. The number of methoxy groups -OCH3 is 3. The molecule has 5 rings (SSSR count). The number of esters is 1. The lowest BCUT2D eigenvalue weighted by atomic mass is 9.78. The monoisotopic (exact) mass is 1010 g/mol. The standard InChI is InChI=1S/C56H87NO15/c1-34-16-12-11-13-17-35(2)47(70-25-24-69-43-32-68-33-43)30-42-21-19-40(7)56(64,72-42)53(61)54(62)57-23-15-14-18-44(57)55(63)71-48(37(4)28-41-20-22-45(58)49(29-41)65-8)31-46(59)36(3)27-39(6)51(66-9)52(67-10)50(60)38(5)26-34/h11-13,16-17,27,34,36-38,40-45,47-49,51-52,58,64H,14-15,18-26,28-33H2,1-10H3/b13-11+,16-12+,35-17+,39-27+/t34-,36-,37-,38-,40-,41+,42+,44+,45-,47?,48+,49-,51-,52+,56-/m1/s1. The molecule has 2 bridgehead atoms. The van der Waals surface area contributed by atoms with Crippen LogP contribution < -0.4 is 0 Å². The third kappa shape index (κ3) is 16.0. The molecule has 72 heavy (non-hydrogen) atoms. The second kappa shape index (κ2) is 28.4. The summed E-state index contributed by atoms with van der Waals surface area (Å²) in [4.78, 5) is 73.0. The van der Waals surface area contributed by atoms with E-state index in [-0.39, 0.29) is 79.9 Å². The number of hydrogen-bond donors (Lipinski definition) is 2. The molecule has 4 aliphatic heterocycles. The Morgan fingerprint density at radius 3 is 2.22 bits per heavy atom. The Hall–Kier alpha value is -3.45. The minimum atomic E-state index is -2.46. The van der Waals surface area contributed by atoms with Crippen LogP contribution in [0.1, 0.15) is 126 Å². The summed E-state index contributed by atoms with van der Waals surface area (Å²) in [5.74, 6) is -7.64. The lowest BCUT2D eigenvalue weighted by molar-refractivity contribution is -0.266. The molecule has 1 saturated carbocycles. The molecule has 1 aliphatic carbocycles. The van der Waals surface area contributed by atoms with E-state index >= 15 is 0 Å². The van der Waals surface area contributed by atoms with Gasteiger partial charge < -0.3 is 53.0 Å². The molecule has 15 atom stereocenters. The number of ketones is 3. The Labute approximate surface area is 428 Å². The molecule has 5 aliphatic rings. The summed E-state index contributed by atoms with van der Waals surface area (Å²) in [5.41, 5.74) is 1.51. The quantitative estimate of drug-likeness (QED) is 0.0967. The third-order valence-electron chi connectivity index (χ3n) is 15.8. The van der Waals surface area contributed by atoms with Crippen LogP contribution in [0.25, 0.3) is 0 Å². The molecule has 1 unspecified atom stereocenters. The third-order valence-corrected chi connectivity index (χ3v) is 15.8. The van der Waals surface area contributed by atoms with Crippen molar-refractivity contribution in [2.24, 2.45) is 35.5 Å². The normalized spacial score (nSPS) is 38.9. The number of carbonyl (C=O) groups is 5. The van der Waals surface area contributed by atoms with Crippen LogP contribution in [0.15, 0.2) is 47.6 Å². The molecule has 16 nitrogen and oxygen atoms in total. The number of fused-ring (bicyclic) bond motifs is 3. The average molecular weight is 1010 g/mol. The highest BCUT2D eigenvalue weighted by Gasteiger charge is 2.53. The van der Waals surface area contributed by atoms with Crippen LogP contribution >= 0.6 is 0 Å². The zero-order valence-corrected chi connectivity index (χ0v) is 44.8. The van der Waals surface area contributed by atoms with E-state index in [1.165, 1.54) is 19.1 Å². The predicted octanol–water partition coefficient (Wildman–Crippen LogP) is 6.62. The Balaban J connectivity index is 1.48. The summed E-state index contributed by atoms with van der Waals surface area (Å²) in [5, 5.41) is 22.7. The molecule has 3 saturated heterocycles. The molecular weight excluding hydrogens is 927 g/mol. The Morgan fingerprint density at radius 2 is 1.54 bits per heavy atom. The Kier molecular flexibility index (Phi) is 23.5. The van der Waals surface area contributed by atoms with Crippen LogP contribution in [0.5, 0.6) is 0 Å². The molecule has 0 aromatic rings. The predicted molar refractivity (Wildman–Crippen MR) is 269 cm³/mol. The first-order valence-corrected chi connectivity index (χ1v) is 26.6. The van der Waals surface area contributed by atoms with Gasteiger partial charge in [0, 0.05) is 58.5 Å². The Bertz CT molecular complexity index is 1930. The Morgan fingerprint density at radius 1 is 0.819 bits per heavy atom. The summed E-state index contributed by atoms with van der Waals surface area (Å²) in [6, 6.07) is -1.14. The van der Waals surface area contributed by atoms with Gasteiger partial charge in [0.15, 0.2) is 5.78 Å². The van der Waals surface area contributed by atoms with Crippen molar-refractivity contribution in [1.29, 1.82) is 0 Å². The maximum absolute atomic E-state index is 14.5. The van der Waals surface area contributed by atoms with Gasteiger partial charge in [0.25, 0.3) is 11.7 Å². The van der Waals surface area contributed by atoms with Crippen molar-refractivity contribution in [3.63, 3.8) is 0 Å². The van der Waals surface area contributed by atoms with Gasteiger partial charge in [0.05, 0.1) is 50.8 Å². The van der Waals surface area contributed by atoms with Crippen molar-refractivity contribution in [3.8, 4) is 0 Å². The summed E-state index contributed by atoms with van der Waals surface area (Å²) in [6.07, 6.45) is 12.2. The smallest absolute Gasteiger partial charge is 0.329 e. The summed E-state index contributed by atoms with van der Waals surface area (Å²) in [7, 11) is 4.56. The molecule has 16 heteroatoms. The van der Waals surface area contributed by atoms with Gasteiger partial charge in [-0.3, -0.25) is 19.2 Å². The second-order valence-corrected chi connectivity index (χ2v) is 21.5. The van der Waals surface area contributed by atoms with E-state index in [4.69, 9.17) is 37.9 Å². The number of ether oxygens (including phenoxy) is 8. The van der Waals surface area contributed by atoms with Crippen molar-refractivity contribution in [2.75, 3.05) is 54.3 Å². The molecule has 406 valence electrons. The molecular formula is C56H87NO15.